The number of hydrogen-bond donors (Lipinski definition) is 2. The fraction of sp³-hybridized carbons (Fsp3) is 0.143. The molecular formula is C21H20N4. The summed E-state index contributed by atoms with van der Waals surface area (Å²) >= 11 is 0. The van der Waals surface area contributed by atoms with Crippen molar-refractivity contribution in [3.63, 3.8) is 0 Å². The van der Waals surface area contributed by atoms with Crippen molar-refractivity contribution in [1.29, 1.82) is 5.26 Å². The zero-order chi connectivity index (χ0) is 17.8. The van der Waals surface area contributed by atoms with Crippen LogP contribution < -0.4 is 10.6 Å². The van der Waals surface area contributed by atoms with Crippen LogP contribution in [0.15, 0.2) is 60.8 Å². The van der Waals surface area contributed by atoms with Crippen LogP contribution in [0.2, 0.25) is 0 Å². The fourth-order valence-corrected chi connectivity index (χ4v) is 2.80. The molecule has 0 spiro atoms. The molecule has 0 fully saturated rings. The molecule has 4 heteroatoms. The molecule has 2 aromatic carbocycles. The number of aromatic nitrogens is 1. The Kier molecular flexibility index (Phi) is 4.67. The van der Waals surface area contributed by atoms with Crippen molar-refractivity contribution >= 4 is 22.1 Å². The summed E-state index contributed by atoms with van der Waals surface area (Å²) in [7, 11) is 1.90. The lowest BCUT2D eigenvalue weighted by atomic mass is 10.00. The van der Waals surface area contributed by atoms with Gasteiger partial charge in [-0.15, -0.1) is 0 Å². The Morgan fingerprint density at radius 3 is 2.76 bits per heavy atom. The fourth-order valence-electron chi connectivity index (χ4n) is 2.80. The summed E-state index contributed by atoms with van der Waals surface area (Å²) in [5.41, 5.74) is 5.67. The first-order chi connectivity index (χ1) is 12.1. The number of rotatable bonds is 5. The van der Waals surface area contributed by atoms with E-state index in [2.05, 4.69) is 65.5 Å². The highest BCUT2D eigenvalue weighted by Gasteiger charge is 2.08. The molecule has 0 saturated heterocycles. The van der Waals surface area contributed by atoms with Gasteiger partial charge in [-0.3, -0.25) is 4.98 Å². The molecule has 0 atom stereocenters. The summed E-state index contributed by atoms with van der Waals surface area (Å²) in [6.07, 6.45) is 1.80. The van der Waals surface area contributed by atoms with Crippen molar-refractivity contribution in [2.75, 3.05) is 24.2 Å². The first-order valence-electron chi connectivity index (χ1n) is 8.11. The Labute approximate surface area is 147 Å². The minimum atomic E-state index is 0.439. The smallest absolute Gasteiger partial charge is 0.0959 e. The topological polar surface area (TPSA) is 60.7 Å². The second-order valence-electron chi connectivity index (χ2n) is 5.94. The lowest BCUT2D eigenvalue weighted by Gasteiger charge is -2.14. The largest absolute Gasteiger partial charge is 0.388 e. The molecule has 3 aromatic rings. The molecule has 0 amide bonds. The Morgan fingerprint density at radius 1 is 1.20 bits per heavy atom. The maximum atomic E-state index is 8.93. The van der Waals surface area contributed by atoms with Crippen molar-refractivity contribution in [2.24, 2.45) is 0 Å². The molecule has 1 aromatic heterocycles. The van der Waals surface area contributed by atoms with Gasteiger partial charge in [0.15, 0.2) is 0 Å². The number of nitrogens with one attached hydrogen (secondary N) is 2. The van der Waals surface area contributed by atoms with Gasteiger partial charge >= 0.3 is 0 Å². The normalized spacial score (nSPS) is 10.3. The number of nitrogens with zero attached hydrogens (tertiary/aromatic N) is 2. The highest BCUT2D eigenvalue weighted by Crippen LogP contribution is 2.31. The third kappa shape index (κ3) is 3.46. The van der Waals surface area contributed by atoms with Crippen LogP contribution >= 0.6 is 0 Å². The molecule has 0 saturated carbocycles. The average molecular weight is 328 g/mol. The van der Waals surface area contributed by atoms with E-state index in [9.17, 15) is 0 Å². The molecule has 1 heterocycles. The van der Waals surface area contributed by atoms with Crippen molar-refractivity contribution < 1.29 is 0 Å². The van der Waals surface area contributed by atoms with E-state index in [-0.39, 0.29) is 0 Å². The second kappa shape index (κ2) is 7.06. The van der Waals surface area contributed by atoms with E-state index in [1.807, 2.05) is 19.2 Å². The minimum Gasteiger partial charge on any atom is -0.388 e. The summed E-state index contributed by atoms with van der Waals surface area (Å²) in [5, 5.41) is 17.7. The summed E-state index contributed by atoms with van der Waals surface area (Å²) < 4.78 is 0. The summed E-state index contributed by atoms with van der Waals surface area (Å²) in [5.74, 6) is 0. The molecule has 0 aliphatic rings. The van der Waals surface area contributed by atoms with E-state index < -0.39 is 0 Å². The number of anilines is 2. The average Bonchev–Trinajstić information content (AvgIpc) is 2.66. The van der Waals surface area contributed by atoms with Gasteiger partial charge in [0.2, 0.25) is 0 Å². The Balaban J connectivity index is 2.08. The van der Waals surface area contributed by atoms with Gasteiger partial charge in [0.05, 0.1) is 11.8 Å². The molecule has 124 valence electrons. The first-order valence-corrected chi connectivity index (χ1v) is 8.11. The van der Waals surface area contributed by atoms with Crippen molar-refractivity contribution in [2.45, 2.75) is 6.92 Å². The van der Waals surface area contributed by atoms with Crippen LogP contribution in [-0.2, 0) is 0 Å². The third-order valence-corrected chi connectivity index (χ3v) is 4.21. The van der Waals surface area contributed by atoms with Crippen LogP contribution in [-0.4, -0.2) is 18.6 Å². The molecule has 4 nitrogen and oxygen atoms in total. The zero-order valence-corrected chi connectivity index (χ0v) is 14.4. The molecule has 0 bridgehead atoms. The van der Waals surface area contributed by atoms with E-state index in [1.165, 1.54) is 0 Å². The monoisotopic (exact) mass is 328 g/mol. The lowest BCUT2D eigenvalue weighted by molar-refractivity contribution is 1.26. The van der Waals surface area contributed by atoms with Gasteiger partial charge < -0.3 is 10.6 Å². The van der Waals surface area contributed by atoms with E-state index in [0.717, 1.165) is 39.0 Å². The highest BCUT2D eigenvalue weighted by molar-refractivity contribution is 5.98. The molecule has 0 unspecified atom stereocenters. The Hall–Kier alpha value is -3.32. The number of benzene rings is 2. The van der Waals surface area contributed by atoms with Crippen LogP contribution in [0.3, 0.4) is 0 Å². The second-order valence-corrected chi connectivity index (χ2v) is 5.94. The summed E-state index contributed by atoms with van der Waals surface area (Å²) in [6.45, 7) is 6.24. The number of hydrogen-bond acceptors (Lipinski definition) is 4. The molecule has 0 radical (unpaired) electrons. The molecule has 0 aliphatic heterocycles. The van der Waals surface area contributed by atoms with E-state index in [0.29, 0.717) is 12.1 Å². The van der Waals surface area contributed by atoms with E-state index in [1.54, 1.807) is 6.20 Å². The van der Waals surface area contributed by atoms with Crippen LogP contribution in [0.5, 0.6) is 0 Å². The number of pyridine rings is 1. The summed E-state index contributed by atoms with van der Waals surface area (Å²) in [6, 6.07) is 16.6. The third-order valence-electron chi connectivity index (χ3n) is 4.21. The van der Waals surface area contributed by atoms with Gasteiger partial charge in [0, 0.05) is 47.7 Å². The Bertz CT molecular complexity index is 983. The van der Waals surface area contributed by atoms with Crippen LogP contribution in [0, 0.1) is 18.3 Å². The highest BCUT2D eigenvalue weighted by atomic mass is 14.9. The summed E-state index contributed by atoms with van der Waals surface area (Å²) in [4.78, 5) is 4.49. The standard InChI is InChI=1S/C21H20N4/c1-14(12-22)13-25-21-15(2)4-5-16-6-7-17(10-19(16)21)20-11-18(23-3)8-9-24-20/h4-11,25H,1,13H2,2-3H3,(H,23,24). The van der Waals surface area contributed by atoms with Crippen LogP contribution in [0.25, 0.3) is 22.0 Å². The predicted molar refractivity (Wildman–Crippen MR) is 105 cm³/mol. The van der Waals surface area contributed by atoms with E-state index >= 15 is 0 Å². The van der Waals surface area contributed by atoms with Crippen LogP contribution in [0.4, 0.5) is 11.4 Å². The van der Waals surface area contributed by atoms with Crippen molar-refractivity contribution in [3.05, 3.63) is 66.4 Å². The lowest BCUT2D eigenvalue weighted by Crippen LogP contribution is -2.05. The van der Waals surface area contributed by atoms with Gasteiger partial charge in [0.25, 0.3) is 0 Å². The van der Waals surface area contributed by atoms with Gasteiger partial charge in [-0.25, -0.2) is 0 Å². The van der Waals surface area contributed by atoms with Crippen LogP contribution in [0.1, 0.15) is 5.56 Å². The number of nitriles is 1. The minimum absolute atomic E-state index is 0.439. The van der Waals surface area contributed by atoms with Gasteiger partial charge in [0.1, 0.15) is 0 Å². The molecule has 2 N–H and O–H groups in total. The Morgan fingerprint density at radius 2 is 2.00 bits per heavy atom. The first kappa shape index (κ1) is 16.5. The van der Waals surface area contributed by atoms with Crippen molar-refractivity contribution in [3.8, 4) is 17.3 Å². The van der Waals surface area contributed by atoms with Crippen molar-refractivity contribution in [1.82, 2.24) is 4.98 Å². The molecule has 0 aliphatic carbocycles. The van der Waals surface area contributed by atoms with Gasteiger partial charge in [-0.05, 0) is 36.1 Å². The maximum Gasteiger partial charge on any atom is 0.0959 e. The molecule has 3 rings (SSSR count). The molecule has 25 heavy (non-hydrogen) atoms. The predicted octanol–water partition coefficient (Wildman–Crippen LogP) is 4.74. The SMILES string of the molecule is C=C(C#N)CNc1c(C)ccc2ccc(-c3cc(NC)ccn3)cc12. The quantitative estimate of drug-likeness (QED) is 0.664. The van der Waals surface area contributed by atoms with Gasteiger partial charge in [-0.1, -0.05) is 30.8 Å². The number of fused-ring (bicyclic) bond motifs is 1. The molecular weight excluding hydrogens is 308 g/mol. The van der Waals surface area contributed by atoms with E-state index in [4.69, 9.17) is 5.26 Å². The zero-order valence-electron chi connectivity index (χ0n) is 14.4. The maximum absolute atomic E-state index is 8.93. The van der Waals surface area contributed by atoms with Gasteiger partial charge in [-0.2, -0.15) is 5.26 Å². The number of aryl methyl sites for hydroxylation is 1.